The molecule has 5 nitrogen and oxygen atoms in total. The molecular formula is C7H8N2O3. The number of benzene rings is 1. The molecule has 64 valence electrons. The number of nitrogens with zero attached hydrogens (tertiary/aromatic N) is 1. The number of oxime groups is 1. The summed E-state index contributed by atoms with van der Waals surface area (Å²) in [6, 6.07) is 6.78. The molecule has 0 aliphatic rings. The van der Waals surface area contributed by atoms with E-state index < -0.39 is 0 Å². The molecule has 0 atom stereocenters. The van der Waals surface area contributed by atoms with Crippen LogP contribution in [-0.4, -0.2) is 16.7 Å². The van der Waals surface area contributed by atoms with Crippen molar-refractivity contribution in [2.45, 2.75) is 0 Å². The van der Waals surface area contributed by atoms with Gasteiger partial charge in [0.25, 0.3) is 0 Å². The van der Waals surface area contributed by atoms with Gasteiger partial charge in [0.15, 0.2) is 0 Å². The van der Waals surface area contributed by atoms with Gasteiger partial charge in [-0.1, -0.05) is 17.3 Å². The zero-order valence-corrected chi connectivity index (χ0v) is 6.14. The van der Waals surface area contributed by atoms with E-state index in [0.29, 0.717) is 11.3 Å². The molecule has 0 aromatic heterocycles. The molecule has 0 aliphatic carbocycles. The molecule has 0 unspecified atom stereocenters. The molecule has 0 bridgehead atoms. The van der Waals surface area contributed by atoms with Crippen LogP contribution in [0, 0.1) is 0 Å². The Morgan fingerprint density at radius 3 is 3.00 bits per heavy atom. The van der Waals surface area contributed by atoms with E-state index in [1.165, 1.54) is 6.21 Å². The van der Waals surface area contributed by atoms with Gasteiger partial charge in [-0.05, 0) is 17.7 Å². The second-order valence-corrected chi connectivity index (χ2v) is 2.06. The van der Waals surface area contributed by atoms with Crippen LogP contribution in [-0.2, 0) is 4.99 Å². The number of hydrogen-bond acceptors (Lipinski definition) is 5. The molecule has 0 aliphatic heterocycles. The molecule has 0 saturated heterocycles. The van der Waals surface area contributed by atoms with Gasteiger partial charge < -0.3 is 5.21 Å². The topological polar surface area (TPSA) is 74.1 Å². The molecule has 1 aromatic carbocycles. The van der Waals surface area contributed by atoms with Gasteiger partial charge in [-0.3, -0.25) is 0 Å². The lowest BCUT2D eigenvalue weighted by molar-refractivity contribution is -0.215. The second-order valence-electron chi connectivity index (χ2n) is 2.06. The van der Waals surface area contributed by atoms with Crippen molar-refractivity contribution in [1.29, 1.82) is 0 Å². The fraction of sp³-hybridized carbons (Fsp3) is 0. The normalized spacial score (nSPS) is 10.4. The number of hydrogen-bond donors (Lipinski definition) is 3. The highest BCUT2D eigenvalue weighted by molar-refractivity contribution is 5.80. The first kappa shape index (κ1) is 8.51. The van der Waals surface area contributed by atoms with E-state index >= 15 is 0 Å². The summed E-state index contributed by atoms with van der Waals surface area (Å²) in [5.41, 5.74) is 3.48. The molecule has 5 heteroatoms. The predicted molar refractivity (Wildman–Crippen MR) is 43.2 cm³/mol. The molecule has 12 heavy (non-hydrogen) atoms. The molecular weight excluding hydrogens is 160 g/mol. The van der Waals surface area contributed by atoms with E-state index in [1.54, 1.807) is 24.3 Å². The summed E-state index contributed by atoms with van der Waals surface area (Å²) in [5.74, 6) is 0. The van der Waals surface area contributed by atoms with Crippen LogP contribution in [0.2, 0.25) is 0 Å². The maximum atomic E-state index is 8.21. The summed E-state index contributed by atoms with van der Waals surface area (Å²) in [6.45, 7) is 0. The fourth-order valence-electron chi connectivity index (χ4n) is 0.802. The first-order valence-corrected chi connectivity index (χ1v) is 3.20. The minimum atomic E-state index is 0.565. The van der Waals surface area contributed by atoms with Crippen molar-refractivity contribution in [1.82, 2.24) is 0 Å². The van der Waals surface area contributed by atoms with Crippen LogP contribution in [0.5, 0.6) is 0 Å². The second kappa shape index (κ2) is 4.32. The Bertz CT molecular complexity index is 275. The third kappa shape index (κ3) is 2.22. The summed E-state index contributed by atoms with van der Waals surface area (Å²) in [7, 11) is 0. The number of nitrogens with one attached hydrogen (secondary N) is 1. The van der Waals surface area contributed by atoms with E-state index in [0.717, 1.165) is 0 Å². The Morgan fingerprint density at radius 1 is 1.50 bits per heavy atom. The van der Waals surface area contributed by atoms with Crippen molar-refractivity contribution in [3.63, 3.8) is 0 Å². The minimum Gasteiger partial charge on any atom is -0.411 e. The molecule has 0 saturated carbocycles. The molecule has 0 amide bonds. The van der Waals surface area contributed by atoms with Crippen molar-refractivity contribution in [2.75, 3.05) is 5.48 Å². The van der Waals surface area contributed by atoms with Crippen molar-refractivity contribution < 1.29 is 15.5 Å². The van der Waals surface area contributed by atoms with E-state index in [1.807, 2.05) is 0 Å². The Morgan fingerprint density at radius 2 is 2.33 bits per heavy atom. The summed E-state index contributed by atoms with van der Waals surface area (Å²) in [6.07, 6.45) is 1.27. The van der Waals surface area contributed by atoms with Gasteiger partial charge >= 0.3 is 0 Å². The number of rotatable bonds is 3. The van der Waals surface area contributed by atoms with Crippen LogP contribution in [0.1, 0.15) is 5.56 Å². The van der Waals surface area contributed by atoms with Crippen molar-refractivity contribution in [3.05, 3.63) is 29.8 Å². The van der Waals surface area contributed by atoms with E-state index in [-0.39, 0.29) is 0 Å². The predicted octanol–water partition coefficient (Wildman–Crippen LogP) is 1.31. The number of anilines is 1. The SMILES string of the molecule is ON=Cc1cccc(NOO)c1. The standard InChI is InChI=1S/C7H8N2O3/c10-8-5-6-2-1-3-7(4-6)9-12-11/h1-5,9-11H. The van der Waals surface area contributed by atoms with Gasteiger partial charge in [-0.15, -0.1) is 4.99 Å². The zero-order chi connectivity index (χ0) is 8.81. The Hall–Kier alpha value is -1.59. The van der Waals surface area contributed by atoms with E-state index in [9.17, 15) is 0 Å². The van der Waals surface area contributed by atoms with E-state index in [2.05, 4.69) is 15.6 Å². The summed E-state index contributed by atoms with van der Waals surface area (Å²) in [5, 5.41) is 19.1. The largest absolute Gasteiger partial charge is 0.411 e. The van der Waals surface area contributed by atoms with Gasteiger partial charge in [0, 0.05) is 0 Å². The van der Waals surface area contributed by atoms with Gasteiger partial charge in [-0.25, -0.2) is 10.7 Å². The fourth-order valence-corrected chi connectivity index (χ4v) is 0.802. The van der Waals surface area contributed by atoms with Crippen molar-refractivity contribution in [3.8, 4) is 0 Å². The molecule has 0 heterocycles. The van der Waals surface area contributed by atoms with Crippen LogP contribution in [0.4, 0.5) is 5.69 Å². The molecule has 0 fully saturated rings. The lowest BCUT2D eigenvalue weighted by Gasteiger charge is -2.00. The maximum Gasteiger partial charge on any atom is 0.0734 e. The van der Waals surface area contributed by atoms with Crippen LogP contribution in [0.15, 0.2) is 29.4 Å². The lowest BCUT2D eigenvalue weighted by Crippen LogP contribution is -1.96. The Balaban J connectivity index is 2.80. The first-order valence-electron chi connectivity index (χ1n) is 3.20. The van der Waals surface area contributed by atoms with Crippen molar-refractivity contribution in [2.24, 2.45) is 5.16 Å². The zero-order valence-electron chi connectivity index (χ0n) is 6.14. The van der Waals surface area contributed by atoms with Crippen LogP contribution < -0.4 is 5.48 Å². The smallest absolute Gasteiger partial charge is 0.0734 e. The summed E-state index contributed by atoms with van der Waals surface area (Å²) >= 11 is 0. The third-order valence-corrected chi connectivity index (χ3v) is 1.26. The highest BCUT2D eigenvalue weighted by Gasteiger charge is 1.91. The molecule has 1 rings (SSSR count). The molecule has 0 radical (unpaired) electrons. The average molecular weight is 168 g/mol. The molecule has 3 N–H and O–H groups in total. The van der Waals surface area contributed by atoms with Gasteiger partial charge in [0.05, 0.1) is 11.9 Å². The summed E-state index contributed by atoms with van der Waals surface area (Å²) in [4.78, 5) is 3.70. The third-order valence-electron chi connectivity index (χ3n) is 1.26. The quantitative estimate of drug-likeness (QED) is 0.275. The van der Waals surface area contributed by atoms with Crippen LogP contribution in [0.25, 0.3) is 0 Å². The summed E-state index contributed by atoms with van der Waals surface area (Å²) < 4.78 is 0. The van der Waals surface area contributed by atoms with Gasteiger partial charge in [-0.2, -0.15) is 0 Å². The van der Waals surface area contributed by atoms with Gasteiger partial charge in [0.1, 0.15) is 0 Å². The van der Waals surface area contributed by atoms with Gasteiger partial charge in [0.2, 0.25) is 0 Å². The van der Waals surface area contributed by atoms with Crippen molar-refractivity contribution >= 4 is 11.9 Å². The molecule has 1 aromatic rings. The Kier molecular flexibility index (Phi) is 3.06. The highest BCUT2D eigenvalue weighted by Crippen LogP contribution is 2.08. The maximum absolute atomic E-state index is 8.21. The molecule has 0 spiro atoms. The van der Waals surface area contributed by atoms with E-state index in [4.69, 9.17) is 10.5 Å². The van der Waals surface area contributed by atoms with Crippen LogP contribution >= 0.6 is 0 Å². The monoisotopic (exact) mass is 168 g/mol. The lowest BCUT2D eigenvalue weighted by atomic mass is 10.2. The average Bonchev–Trinajstić information content (AvgIpc) is 2.06. The first-order chi connectivity index (χ1) is 5.86. The Labute approximate surface area is 68.8 Å². The van der Waals surface area contributed by atoms with Crippen LogP contribution in [0.3, 0.4) is 0 Å². The minimum absolute atomic E-state index is 0.565. The highest BCUT2D eigenvalue weighted by atomic mass is 17.2.